The predicted octanol–water partition coefficient (Wildman–Crippen LogP) is 3.76. The average molecular weight is 392 g/mol. The second-order valence-electron chi connectivity index (χ2n) is 5.04. The Balaban J connectivity index is 2.32. The zero-order valence-corrected chi connectivity index (χ0v) is 14.3. The zero-order valence-electron chi connectivity index (χ0n) is 14.3. The van der Waals surface area contributed by atoms with E-state index in [-0.39, 0.29) is 22.8 Å². The quantitative estimate of drug-likeness (QED) is 0.324. The topological polar surface area (TPSA) is 54.0 Å². The van der Waals surface area contributed by atoms with Crippen LogP contribution in [0.4, 0.5) is 22.0 Å². The summed E-state index contributed by atoms with van der Waals surface area (Å²) in [4.78, 5) is 12.1. The second kappa shape index (κ2) is 8.11. The highest BCUT2D eigenvalue weighted by atomic mass is 19.2. The Bertz CT molecular complexity index is 830. The van der Waals surface area contributed by atoms with Crippen LogP contribution in [-0.2, 0) is 11.3 Å². The lowest BCUT2D eigenvalue weighted by atomic mass is 10.1. The molecular formula is C17H13F5O5. The Hall–Kier alpha value is -3.04. The van der Waals surface area contributed by atoms with Crippen LogP contribution in [-0.4, -0.2) is 27.3 Å². The number of ether oxygens (including phenoxy) is 4. The van der Waals surface area contributed by atoms with E-state index in [0.717, 1.165) is 0 Å². The first-order chi connectivity index (χ1) is 12.8. The van der Waals surface area contributed by atoms with Crippen LogP contribution < -0.4 is 14.2 Å². The summed E-state index contributed by atoms with van der Waals surface area (Å²) in [5, 5.41) is 0. The molecule has 2 aromatic carbocycles. The first kappa shape index (κ1) is 20.3. The van der Waals surface area contributed by atoms with Crippen LogP contribution in [0.1, 0.15) is 15.9 Å². The molecule has 0 saturated carbocycles. The van der Waals surface area contributed by atoms with Gasteiger partial charge >= 0.3 is 5.97 Å². The summed E-state index contributed by atoms with van der Waals surface area (Å²) >= 11 is 0. The van der Waals surface area contributed by atoms with Gasteiger partial charge in [0, 0.05) is 0 Å². The largest absolute Gasteiger partial charge is 0.493 e. The highest BCUT2D eigenvalue weighted by Gasteiger charge is 2.27. The minimum atomic E-state index is -2.30. The van der Waals surface area contributed by atoms with Gasteiger partial charge < -0.3 is 18.9 Å². The van der Waals surface area contributed by atoms with Gasteiger partial charge in [0.1, 0.15) is 6.61 Å². The van der Waals surface area contributed by atoms with Crippen LogP contribution in [0.15, 0.2) is 12.1 Å². The predicted molar refractivity (Wildman–Crippen MR) is 81.4 cm³/mol. The van der Waals surface area contributed by atoms with Gasteiger partial charge in [-0.05, 0) is 12.1 Å². The molecule has 0 bridgehead atoms. The minimum absolute atomic E-state index is 0.0973. The van der Waals surface area contributed by atoms with Gasteiger partial charge in [0.25, 0.3) is 0 Å². The number of carbonyl (C=O) groups excluding carboxylic acids is 1. The monoisotopic (exact) mass is 392 g/mol. The fraction of sp³-hybridized carbons (Fsp3) is 0.235. The number of benzene rings is 2. The van der Waals surface area contributed by atoms with Crippen molar-refractivity contribution in [2.24, 2.45) is 0 Å². The molecule has 0 amide bonds. The summed E-state index contributed by atoms with van der Waals surface area (Å²) in [7, 11) is 3.92. The lowest BCUT2D eigenvalue weighted by Crippen LogP contribution is -2.12. The van der Waals surface area contributed by atoms with E-state index in [1.165, 1.54) is 33.5 Å². The summed E-state index contributed by atoms with van der Waals surface area (Å²) in [6, 6.07) is 2.39. The Morgan fingerprint density at radius 3 is 1.63 bits per heavy atom. The van der Waals surface area contributed by atoms with Crippen LogP contribution in [0.5, 0.6) is 17.2 Å². The molecule has 0 aliphatic rings. The van der Waals surface area contributed by atoms with Gasteiger partial charge in [0.2, 0.25) is 11.6 Å². The third kappa shape index (κ3) is 3.74. The van der Waals surface area contributed by atoms with Crippen molar-refractivity contribution in [3.05, 3.63) is 52.3 Å². The summed E-state index contributed by atoms with van der Waals surface area (Å²) in [6.07, 6.45) is 0. The Kier molecular flexibility index (Phi) is 6.09. The van der Waals surface area contributed by atoms with Gasteiger partial charge in [-0.2, -0.15) is 0 Å². The summed E-state index contributed by atoms with van der Waals surface area (Å²) < 4.78 is 86.5. The van der Waals surface area contributed by atoms with Crippen LogP contribution in [0.2, 0.25) is 0 Å². The summed E-state index contributed by atoms with van der Waals surface area (Å²) in [5.41, 5.74) is -1.43. The highest BCUT2D eigenvalue weighted by Crippen LogP contribution is 2.38. The Labute approximate surface area is 150 Å². The number of methoxy groups -OCH3 is 3. The molecule has 0 atom stereocenters. The summed E-state index contributed by atoms with van der Waals surface area (Å²) in [5.74, 6) is -11.5. The lowest BCUT2D eigenvalue weighted by molar-refractivity contribution is 0.0461. The average Bonchev–Trinajstić information content (AvgIpc) is 2.69. The van der Waals surface area contributed by atoms with Crippen molar-refractivity contribution < 1.29 is 45.7 Å². The maximum atomic E-state index is 13.6. The van der Waals surface area contributed by atoms with Crippen LogP contribution in [0.25, 0.3) is 0 Å². The third-order valence-corrected chi connectivity index (χ3v) is 3.55. The molecule has 2 aromatic rings. The van der Waals surface area contributed by atoms with Crippen molar-refractivity contribution in [1.29, 1.82) is 0 Å². The van der Waals surface area contributed by atoms with Crippen LogP contribution in [0, 0.1) is 29.1 Å². The number of carbonyl (C=O) groups is 1. The Morgan fingerprint density at radius 1 is 0.778 bits per heavy atom. The van der Waals surface area contributed by atoms with E-state index in [2.05, 4.69) is 4.74 Å². The van der Waals surface area contributed by atoms with Gasteiger partial charge in [-0.3, -0.25) is 0 Å². The van der Waals surface area contributed by atoms with Crippen molar-refractivity contribution >= 4 is 5.97 Å². The maximum absolute atomic E-state index is 13.6. The molecule has 10 heteroatoms. The molecule has 27 heavy (non-hydrogen) atoms. The van der Waals surface area contributed by atoms with E-state index < -0.39 is 47.2 Å². The van der Waals surface area contributed by atoms with Crippen molar-refractivity contribution in [2.75, 3.05) is 21.3 Å². The van der Waals surface area contributed by atoms with Gasteiger partial charge in [-0.25, -0.2) is 26.7 Å². The maximum Gasteiger partial charge on any atom is 0.338 e. The molecular weight excluding hydrogens is 379 g/mol. The number of hydrogen-bond acceptors (Lipinski definition) is 5. The molecule has 5 nitrogen and oxygen atoms in total. The third-order valence-electron chi connectivity index (χ3n) is 3.55. The smallest absolute Gasteiger partial charge is 0.338 e. The molecule has 0 N–H and O–H groups in total. The van der Waals surface area contributed by atoms with Crippen LogP contribution >= 0.6 is 0 Å². The molecule has 0 heterocycles. The fourth-order valence-corrected chi connectivity index (χ4v) is 2.20. The zero-order chi connectivity index (χ0) is 20.3. The standard InChI is InChI=1S/C17H13F5O5/c1-24-9-4-7(5-10(25-2)16(9)26-3)17(23)27-6-8-11(18)13(20)15(22)14(21)12(8)19/h4-5H,6H2,1-3H3. The van der Waals surface area contributed by atoms with E-state index in [0.29, 0.717) is 0 Å². The van der Waals surface area contributed by atoms with Gasteiger partial charge in [-0.15, -0.1) is 0 Å². The van der Waals surface area contributed by atoms with E-state index in [9.17, 15) is 26.7 Å². The second-order valence-corrected chi connectivity index (χ2v) is 5.04. The molecule has 0 aliphatic carbocycles. The number of halogens is 5. The normalized spacial score (nSPS) is 10.5. The first-order valence-corrected chi connectivity index (χ1v) is 7.24. The molecule has 0 fully saturated rings. The SMILES string of the molecule is COc1cc(C(=O)OCc2c(F)c(F)c(F)c(F)c2F)cc(OC)c1OC. The molecule has 2 rings (SSSR count). The van der Waals surface area contributed by atoms with Gasteiger partial charge in [-0.1, -0.05) is 0 Å². The number of esters is 1. The molecule has 146 valence electrons. The van der Waals surface area contributed by atoms with Crippen molar-refractivity contribution in [3.63, 3.8) is 0 Å². The van der Waals surface area contributed by atoms with Crippen molar-refractivity contribution in [1.82, 2.24) is 0 Å². The minimum Gasteiger partial charge on any atom is -0.493 e. The van der Waals surface area contributed by atoms with E-state index in [1.54, 1.807) is 0 Å². The van der Waals surface area contributed by atoms with E-state index in [1.807, 2.05) is 0 Å². The van der Waals surface area contributed by atoms with Crippen LogP contribution in [0.3, 0.4) is 0 Å². The molecule has 0 aliphatic heterocycles. The van der Waals surface area contributed by atoms with Crippen molar-refractivity contribution in [3.8, 4) is 17.2 Å². The first-order valence-electron chi connectivity index (χ1n) is 7.24. The highest BCUT2D eigenvalue weighted by molar-refractivity contribution is 5.91. The van der Waals surface area contributed by atoms with E-state index >= 15 is 0 Å². The molecule has 0 spiro atoms. The molecule has 0 aromatic heterocycles. The van der Waals surface area contributed by atoms with Gasteiger partial charge in [0.15, 0.2) is 34.8 Å². The van der Waals surface area contributed by atoms with Gasteiger partial charge in [0.05, 0.1) is 32.5 Å². The molecule has 0 unspecified atom stereocenters. The molecule has 0 radical (unpaired) electrons. The number of rotatable bonds is 6. The summed E-state index contributed by atoms with van der Waals surface area (Å²) in [6.45, 7) is -1.18. The molecule has 0 saturated heterocycles. The van der Waals surface area contributed by atoms with E-state index in [4.69, 9.17) is 14.2 Å². The Morgan fingerprint density at radius 2 is 1.22 bits per heavy atom. The number of hydrogen-bond donors (Lipinski definition) is 0. The lowest BCUT2D eigenvalue weighted by Gasteiger charge is -2.14. The van der Waals surface area contributed by atoms with Crippen molar-refractivity contribution in [2.45, 2.75) is 6.61 Å². The fourth-order valence-electron chi connectivity index (χ4n) is 2.20.